The number of hydrogen-bond donors (Lipinski definition) is 1. The molecule has 1 heterocycles. The molecule has 0 aliphatic rings. The molecule has 0 amide bonds. The van der Waals surface area contributed by atoms with Crippen LogP contribution in [0.1, 0.15) is 37.1 Å². The van der Waals surface area contributed by atoms with Gasteiger partial charge in [-0.05, 0) is 26.3 Å². The molecule has 0 radical (unpaired) electrons. The van der Waals surface area contributed by atoms with E-state index in [1.165, 1.54) is 11.3 Å². The molecule has 3 heteroatoms. The van der Waals surface area contributed by atoms with E-state index in [0.717, 1.165) is 19.4 Å². The first kappa shape index (κ1) is 12.0. The molecule has 84 valence electrons. The number of rotatable bonds is 6. The van der Waals surface area contributed by atoms with Crippen LogP contribution in [0.2, 0.25) is 0 Å². The van der Waals surface area contributed by atoms with E-state index in [4.69, 9.17) is 0 Å². The molecular formula is C12H21N3. The van der Waals surface area contributed by atoms with E-state index in [-0.39, 0.29) is 0 Å². The van der Waals surface area contributed by atoms with Gasteiger partial charge in [0.25, 0.3) is 0 Å². The maximum Gasteiger partial charge on any atom is 0.0540 e. The van der Waals surface area contributed by atoms with Crippen molar-refractivity contribution < 1.29 is 0 Å². The first-order valence-electron chi connectivity index (χ1n) is 5.53. The molecule has 15 heavy (non-hydrogen) atoms. The van der Waals surface area contributed by atoms with Gasteiger partial charge >= 0.3 is 0 Å². The second-order valence-corrected chi connectivity index (χ2v) is 3.84. The lowest BCUT2D eigenvalue weighted by molar-refractivity contribution is 0.534. The zero-order valence-corrected chi connectivity index (χ0v) is 9.95. The van der Waals surface area contributed by atoms with Crippen molar-refractivity contribution in [1.82, 2.24) is 15.1 Å². The van der Waals surface area contributed by atoms with Crippen molar-refractivity contribution in [1.29, 1.82) is 0 Å². The average molecular weight is 207 g/mol. The van der Waals surface area contributed by atoms with Crippen molar-refractivity contribution in [2.75, 3.05) is 6.54 Å². The van der Waals surface area contributed by atoms with Crippen LogP contribution in [0.25, 0.3) is 0 Å². The molecule has 0 aliphatic carbocycles. The minimum absolute atomic E-state index is 0.358. The molecule has 0 spiro atoms. The average Bonchev–Trinajstić information content (AvgIpc) is 2.55. The number of aromatic nitrogens is 2. The van der Waals surface area contributed by atoms with Crippen LogP contribution in [-0.4, -0.2) is 16.3 Å². The number of nitrogens with zero attached hydrogens (tertiary/aromatic N) is 2. The molecule has 1 atom stereocenters. The molecule has 1 aromatic heterocycles. The van der Waals surface area contributed by atoms with Gasteiger partial charge in [-0.1, -0.05) is 13.0 Å². The van der Waals surface area contributed by atoms with E-state index in [1.54, 1.807) is 0 Å². The fourth-order valence-corrected chi connectivity index (χ4v) is 1.66. The van der Waals surface area contributed by atoms with Gasteiger partial charge in [0.1, 0.15) is 0 Å². The topological polar surface area (TPSA) is 29.9 Å². The molecule has 0 aromatic carbocycles. The Morgan fingerprint density at radius 3 is 2.87 bits per heavy atom. The second kappa shape index (κ2) is 5.71. The van der Waals surface area contributed by atoms with E-state index < -0.39 is 0 Å². The zero-order valence-electron chi connectivity index (χ0n) is 9.95. The molecule has 0 saturated carbocycles. The van der Waals surface area contributed by atoms with Crippen LogP contribution in [-0.2, 0) is 7.05 Å². The largest absolute Gasteiger partial charge is 0.310 e. The van der Waals surface area contributed by atoms with Gasteiger partial charge in [0.05, 0.1) is 6.20 Å². The maximum atomic E-state index is 4.27. The van der Waals surface area contributed by atoms with Gasteiger partial charge in [0.2, 0.25) is 0 Å². The summed E-state index contributed by atoms with van der Waals surface area (Å²) in [6.45, 7) is 9.12. The van der Waals surface area contributed by atoms with Crippen LogP contribution < -0.4 is 5.32 Å². The molecule has 1 aromatic rings. The summed E-state index contributed by atoms with van der Waals surface area (Å²) in [6.07, 6.45) is 6.01. The molecule has 1 unspecified atom stereocenters. The fraction of sp³-hybridized carbons (Fsp3) is 0.583. The fourth-order valence-electron chi connectivity index (χ4n) is 1.66. The predicted octanol–water partition coefficient (Wildman–Crippen LogP) is 2.35. The van der Waals surface area contributed by atoms with Gasteiger partial charge in [-0.15, -0.1) is 6.58 Å². The van der Waals surface area contributed by atoms with Gasteiger partial charge in [-0.25, -0.2) is 0 Å². The third-order valence-electron chi connectivity index (χ3n) is 2.69. The Morgan fingerprint density at radius 2 is 2.40 bits per heavy atom. The molecular weight excluding hydrogens is 186 g/mol. The molecule has 0 aliphatic heterocycles. The van der Waals surface area contributed by atoms with Crippen LogP contribution in [0.15, 0.2) is 18.9 Å². The first-order valence-corrected chi connectivity index (χ1v) is 5.53. The Hall–Kier alpha value is -1.09. The summed E-state index contributed by atoms with van der Waals surface area (Å²) in [5, 5.41) is 7.79. The molecule has 0 saturated heterocycles. The Bertz CT molecular complexity index is 315. The van der Waals surface area contributed by atoms with E-state index in [0.29, 0.717) is 6.04 Å². The minimum atomic E-state index is 0.358. The highest BCUT2D eigenvalue weighted by Crippen LogP contribution is 2.20. The van der Waals surface area contributed by atoms with Gasteiger partial charge in [0.15, 0.2) is 0 Å². The van der Waals surface area contributed by atoms with Gasteiger partial charge in [-0.2, -0.15) is 5.10 Å². The van der Waals surface area contributed by atoms with Crippen LogP contribution in [0.5, 0.6) is 0 Å². The highest BCUT2D eigenvalue weighted by Gasteiger charge is 2.14. The Kier molecular flexibility index (Phi) is 4.56. The van der Waals surface area contributed by atoms with Crippen molar-refractivity contribution in [2.45, 2.75) is 32.7 Å². The maximum absolute atomic E-state index is 4.27. The summed E-state index contributed by atoms with van der Waals surface area (Å²) < 4.78 is 1.92. The smallest absolute Gasteiger partial charge is 0.0540 e. The van der Waals surface area contributed by atoms with Gasteiger partial charge < -0.3 is 5.32 Å². The predicted molar refractivity (Wildman–Crippen MR) is 63.8 cm³/mol. The zero-order chi connectivity index (χ0) is 11.3. The molecule has 0 bridgehead atoms. The monoisotopic (exact) mass is 207 g/mol. The molecule has 3 nitrogen and oxygen atoms in total. The summed E-state index contributed by atoms with van der Waals surface area (Å²) in [4.78, 5) is 0. The van der Waals surface area contributed by atoms with Crippen molar-refractivity contribution in [2.24, 2.45) is 7.05 Å². The minimum Gasteiger partial charge on any atom is -0.310 e. The van der Waals surface area contributed by atoms with Crippen molar-refractivity contribution in [3.05, 3.63) is 30.1 Å². The molecule has 1 rings (SSSR count). The van der Waals surface area contributed by atoms with E-state index in [9.17, 15) is 0 Å². The quantitative estimate of drug-likeness (QED) is 0.726. The molecule has 0 fully saturated rings. The van der Waals surface area contributed by atoms with Crippen molar-refractivity contribution in [3.63, 3.8) is 0 Å². The highest BCUT2D eigenvalue weighted by molar-refractivity contribution is 5.21. The summed E-state index contributed by atoms with van der Waals surface area (Å²) in [6, 6.07) is 0.358. The van der Waals surface area contributed by atoms with Crippen LogP contribution in [0.4, 0.5) is 0 Å². The summed E-state index contributed by atoms with van der Waals surface area (Å²) >= 11 is 0. The van der Waals surface area contributed by atoms with Crippen molar-refractivity contribution in [3.8, 4) is 0 Å². The number of nitrogens with one attached hydrogen (secondary N) is 1. The van der Waals surface area contributed by atoms with Gasteiger partial charge in [0, 0.05) is 24.3 Å². The Morgan fingerprint density at radius 1 is 1.67 bits per heavy atom. The first-order chi connectivity index (χ1) is 7.20. The second-order valence-electron chi connectivity index (χ2n) is 3.84. The lowest BCUT2D eigenvalue weighted by Crippen LogP contribution is -2.22. The van der Waals surface area contributed by atoms with Crippen LogP contribution in [0.3, 0.4) is 0 Å². The van der Waals surface area contributed by atoms with Crippen molar-refractivity contribution >= 4 is 0 Å². The van der Waals surface area contributed by atoms with E-state index >= 15 is 0 Å². The number of aryl methyl sites for hydroxylation is 1. The summed E-state index contributed by atoms with van der Waals surface area (Å²) in [7, 11) is 1.98. The lowest BCUT2D eigenvalue weighted by atomic mass is 10.0. The van der Waals surface area contributed by atoms with E-state index in [1.807, 2.05) is 24.0 Å². The Labute approximate surface area is 92.2 Å². The number of hydrogen-bond acceptors (Lipinski definition) is 2. The SMILES string of the molecule is C=CCC(NCCC)c1cnn(C)c1C. The van der Waals surface area contributed by atoms with Crippen LogP contribution >= 0.6 is 0 Å². The Balaban J connectivity index is 2.78. The summed E-state index contributed by atoms with van der Waals surface area (Å²) in [5.41, 5.74) is 2.51. The normalized spacial score (nSPS) is 12.7. The third kappa shape index (κ3) is 2.93. The van der Waals surface area contributed by atoms with Crippen LogP contribution in [0, 0.1) is 6.92 Å². The lowest BCUT2D eigenvalue weighted by Gasteiger charge is -2.16. The standard InChI is InChI=1S/C12H21N3/c1-5-7-12(13-8-6-2)11-9-14-15(4)10(11)3/h5,9,12-13H,1,6-8H2,2-4H3. The van der Waals surface area contributed by atoms with Gasteiger partial charge in [-0.3, -0.25) is 4.68 Å². The highest BCUT2D eigenvalue weighted by atomic mass is 15.3. The van der Waals surface area contributed by atoms with E-state index in [2.05, 4.69) is 30.8 Å². The third-order valence-corrected chi connectivity index (χ3v) is 2.69. The summed E-state index contributed by atoms with van der Waals surface area (Å²) in [5.74, 6) is 0. The molecule has 1 N–H and O–H groups in total.